The minimum atomic E-state index is -0.114. The Kier molecular flexibility index (Phi) is 5.47. The van der Waals surface area contributed by atoms with Crippen LogP contribution in [0.2, 0.25) is 0 Å². The average molecular weight is 383 g/mol. The molecule has 0 radical (unpaired) electrons. The third-order valence-electron chi connectivity index (χ3n) is 4.80. The Hall–Kier alpha value is -3.73. The molecule has 0 atom stereocenters. The first-order chi connectivity index (χ1) is 14.2. The van der Waals surface area contributed by atoms with E-state index in [1.807, 2.05) is 73.7 Å². The zero-order valence-electron chi connectivity index (χ0n) is 16.1. The van der Waals surface area contributed by atoms with Crippen molar-refractivity contribution in [1.82, 2.24) is 10.1 Å². The van der Waals surface area contributed by atoms with Crippen molar-refractivity contribution in [2.45, 2.75) is 19.8 Å². The molecular weight excluding hydrogens is 362 g/mol. The molecule has 2 aromatic heterocycles. The molecule has 2 heterocycles. The van der Waals surface area contributed by atoms with E-state index in [4.69, 9.17) is 4.52 Å². The normalized spacial score (nSPS) is 10.7. The second-order valence-electron chi connectivity index (χ2n) is 6.82. The fourth-order valence-electron chi connectivity index (χ4n) is 3.28. The summed E-state index contributed by atoms with van der Waals surface area (Å²) in [5, 5.41) is 7.19. The summed E-state index contributed by atoms with van der Waals surface area (Å²) in [7, 11) is 0. The number of pyridine rings is 1. The fraction of sp³-hybridized carbons (Fsp3) is 0.125. The molecule has 5 heteroatoms. The van der Waals surface area contributed by atoms with Crippen LogP contribution in [-0.4, -0.2) is 16.0 Å². The van der Waals surface area contributed by atoms with Crippen LogP contribution in [0.1, 0.15) is 17.5 Å². The number of hydrogen-bond acceptors (Lipinski definition) is 4. The van der Waals surface area contributed by atoms with Crippen molar-refractivity contribution in [1.29, 1.82) is 0 Å². The minimum absolute atomic E-state index is 0.114. The second-order valence-corrected chi connectivity index (χ2v) is 6.82. The van der Waals surface area contributed by atoms with Gasteiger partial charge in [0.25, 0.3) is 0 Å². The van der Waals surface area contributed by atoms with Gasteiger partial charge in [0.1, 0.15) is 5.69 Å². The van der Waals surface area contributed by atoms with Crippen LogP contribution in [0, 0.1) is 6.92 Å². The van der Waals surface area contributed by atoms with Crippen LogP contribution >= 0.6 is 0 Å². The number of hydrogen-bond donors (Lipinski definition) is 1. The van der Waals surface area contributed by atoms with E-state index in [0.717, 1.165) is 27.8 Å². The summed E-state index contributed by atoms with van der Waals surface area (Å²) in [5.41, 5.74) is 5.52. The van der Waals surface area contributed by atoms with Gasteiger partial charge in [-0.25, -0.2) is 0 Å². The molecule has 5 nitrogen and oxygen atoms in total. The zero-order chi connectivity index (χ0) is 20.1. The quantitative estimate of drug-likeness (QED) is 0.492. The maximum Gasteiger partial charge on any atom is 0.239 e. The van der Waals surface area contributed by atoms with Gasteiger partial charge in [-0.15, -0.1) is 0 Å². The van der Waals surface area contributed by atoms with Gasteiger partial charge in [0.05, 0.1) is 5.56 Å². The number of carbonyl (C=O) groups excluding carboxylic acids is 1. The third kappa shape index (κ3) is 4.24. The molecular formula is C24H21N3O2. The number of anilines is 1. The summed E-state index contributed by atoms with van der Waals surface area (Å²) in [6, 6.07) is 21.7. The highest BCUT2D eigenvalue weighted by atomic mass is 16.5. The number of carbonyl (C=O) groups is 1. The smallest absolute Gasteiger partial charge is 0.239 e. The number of nitrogens with zero attached hydrogens (tertiary/aromatic N) is 2. The van der Waals surface area contributed by atoms with E-state index in [-0.39, 0.29) is 5.91 Å². The molecule has 0 unspecified atom stereocenters. The molecule has 0 fully saturated rings. The number of amides is 1. The maximum absolute atomic E-state index is 12.6. The Balaban J connectivity index is 1.63. The molecule has 0 spiro atoms. The molecule has 4 rings (SSSR count). The van der Waals surface area contributed by atoms with Crippen molar-refractivity contribution in [2.75, 3.05) is 5.32 Å². The number of aryl methyl sites for hydroxylation is 2. The van der Waals surface area contributed by atoms with E-state index in [9.17, 15) is 4.79 Å². The fourth-order valence-corrected chi connectivity index (χ4v) is 3.28. The molecule has 144 valence electrons. The van der Waals surface area contributed by atoms with Crippen molar-refractivity contribution in [3.8, 4) is 22.4 Å². The molecule has 0 saturated heterocycles. The Morgan fingerprint density at radius 1 is 0.966 bits per heavy atom. The van der Waals surface area contributed by atoms with Crippen LogP contribution in [-0.2, 0) is 11.2 Å². The van der Waals surface area contributed by atoms with Crippen LogP contribution in [0.5, 0.6) is 0 Å². The first-order valence-electron chi connectivity index (χ1n) is 9.52. The van der Waals surface area contributed by atoms with Gasteiger partial charge in [-0.05, 0) is 42.2 Å². The molecule has 1 N–H and O–H groups in total. The van der Waals surface area contributed by atoms with Crippen molar-refractivity contribution >= 4 is 11.8 Å². The number of nitrogens with one attached hydrogen (secondary N) is 1. The topological polar surface area (TPSA) is 68.0 Å². The van der Waals surface area contributed by atoms with E-state index < -0.39 is 0 Å². The summed E-state index contributed by atoms with van der Waals surface area (Å²) < 4.78 is 5.58. The zero-order valence-corrected chi connectivity index (χ0v) is 16.1. The Morgan fingerprint density at radius 3 is 2.45 bits per heavy atom. The molecule has 1 amide bonds. The SMILES string of the molecule is Cc1ccccc1-c1noc(NC(=O)CCc2ccccc2)c1-c1ccncc1. The van der Waals surface area contributed by atoms with Crippen LogP contribution in [0.4, 0.5) is 5.88 Å². The van der Waals surface area contributed by atoms with Crippen molar-refractivity contribution in [2.24, 2.45) is 0 Å². The van der Waals surface area contributed by atoms with Gasteiger partial charge in [-0.3, -0.25) is 15.1 Å². The summed E-state index contributed by atoms with van der Waals surface area (Å²) >= 11 is 0. The predicted molar refractivity (Wildman–Crippen MR) is 113 cm³/mol. The molecule has 0 aliphatic rings. The number of benzene rings is 2. The summed E-state index contributed by atoms with van der Waals surface area (Å²) in [4.78, 5) is 16.7. The van der Waals surface area contributed by atoms with Crippen LogP contribution in [0.25, 0.3) is 22.4 Å². The lowest BCUT2D eigenvalue weighted by atomic mass is 9.98. The second kappa shape index (κ2) is 8.52. The van der Waals surface area contributed by atoms with E-state index in [1.165, 1.54) is 0 Å². The van der Waals surface area contributed by atoms with Gasteiger partial charge in [0.15, 0.2) is 0 Å². The van der Waals surface area contributed by atoms with E-state index >= 15 is 0 Å². The standard InChI is InChI=1S/C24H21N3O2/c1-17-7-5-6-10-20(17)23-22(19-13-15-25-16-14-19)24(29-27-23)26-21(28)12-11-18-8-3-2-4-9-18/h2-10,13-16H,11-12H2,1H3,(H,26,28). The van der Waals surface area contributed by atoms with Crippen LogP contribution < -0.4 is 5.32 Å². The Morgan fingerprint density at radius 2 is 1.69 bits per heavy atom. The molecule has 29 heavy (non-hydrogen) atoms. The first-order valence-corrected chi connectivity index (χ1v) is 9.52. The number of aromatic nitrogens is 2. The highest BCUT2D eigenvalue weighted by Crippen LogP contribution is 2.38. The van der Waals surface area contributed by atoms with Crippen molar-refractivity contribution < 1.29 is 9.32 Å². The molecule has 0 aliphatic heterocycles. The maximum atomic E-state index is 12.6. The lowest BCUT2D eigenvalue weighted by Gasteiger charge is -2.08. The highest BCUT2D eigenvalue weighted by molar-refractivity contribution is 5.97. The Labute approximate surface area is 169 Å². The van der Waals surface area contributed by atoms with E-state index in [1.54, 1.807) is 12.4 Å². The molecule has 0 bridgehead atoms. The molecule has 4 aromatic rings. The van der Waals surface area contributed by atoms with Gasteiger partial charge in [0.2, 0.25) is 11.8 Å². The van der Waals surface area contributed by atoms with Gasteiger partial charge in [-0.1, -0.05) is 59.8 Å². The molecule has 0 saturated carbocycles. The average Bonchev–Trinajstić information content (AvgIpc) is 3.17. The summed E-state index contributed by atoms with van der Waals surface area (Å²) in [5.74, 6) is 0.240. The lowest BCUT2D eigenvalue weighted by Crippen LogP contribution is -2.12. The first kappa shape index (κ1) is 18.6. The number of rotatable bonds is 6. The molecule has 2 aromatic carbocycles. The van der Waals surface area contributed by atoms with Crippen LogP contribution in [0.3, 0.4) is 0 Å². The van der Waals surface area contributed by atoms with Gasteiger partial charge in [0, 0.05) is 24.4 Å². The Bertz CT molecular complexity index is 1110. The van der Waals surface area contributed by atoms with Gasteiger partial charge < -0.3 is 4.52 Å². The molecule has 0 aliphatic carbocycles. The van der Waals surface area contributed by atoms with E-state index in [2.05, 4.69) is 15.5 Å². The van der Waals surface area contributed by atoms with Crippen molar-refractivity contribution in [3.63, 3.8) is 0 Å². The van der Waals surface area contributed by atoms with Crippen LogP contribution in [0.15, 0.2) is 83.6 Å². The minimum Gasteiger partial charge on any atom is -0.337 e. The van der Waals surface area contributed by atoms with Crippen molar-refractivity contribution in [3.05, 3.63) is 90.3 Å². The summed E-state index contributed by atoms with van der Waals surface area (Å²) in [6.45, 7) is 2.03. The van der Waals surface area contributed by atoms with Gasteiger partial charge >= 0.3 is 0 Å². The largest absolute Gasteiger partial charge is 0.337 e. The monoisotopic (exact) mass is 383 g/mol. The van der Waals surface area contributed by atoms with E-state index in [0.29, 0.717) is 24.4 Å². The highest BCUT2D eigenvalue weighted by Gasteiger charge is 2.22. The summed E-state index contributed by atoms with van der Waals surface area (Å²) in [6.07, 6.45) is 4.45. The lowest BCUT2D eigenvalue weighted by molar-refractivity contribution is -0.116. The predicted octanol–water partition coefficient (Wildman–Crippen LogP) is 5.28. The third-order valence-corrected chi connectivity index (χ3v) is 4.80. The van der Waals surface area contributed by atoms with Gasteiger partial charge in [-0.2, -0.15) is 0 Å².